The Hall–Kier alpha value is -0.980. The molecule has 108 valence electrons. The Labute approximate surface area is 113 Å². The van der Waals surface area contributed by atoms with Gasteiger partial charge >= 0.3 is 0 Å². The first-order valence-electron chi connectivity index (χ1n) is 6.98. The number of methoxy groups -OCH3 is 1. The molecule has 2 rings (SSSR count). The van der Waals surface area contributed by atoms with E-state index < -0.39 is 0 Å². The summed E-state index contributed by atoms with van der Waals surface area (Å²) >= 11 is 0. The molecule has 6 nitrogen and oxygen atoms in total. The van der Waals surface area contributed by atoms with Crippen molar-refractivity contribution in [2.75, 3.05) is 13.7 Å². The summed E-state index contributed by atoms with van der Waals surface area (Å²) in [5.41, 5.74) is 0. The Kier molecular flexibility index (Phi) is 5.75. The molecule has 0 aromatic carbocycles. The summed E-state index contributed by atoms with van der Waals surface area (Å²) in [4.78, 5) is 4.23. The number of nitrogens with zero attached hydrogens (tertiary/aromatic N) is 2. The lowest BCUT2D eigenvalue weighted by Crippen LogP contribution is -2.37. The highest BCUT2D eigenvalue weighted by atomic mass is 16.5. The SMILES string of the molecule is COCc1noc(CN[C@H]2CCCCC[C@H]2CO)n1. The van der Waals surface area contributed by atoms with Gasteiger partial charge in [-0.3, -0.25) is 0 Å². The lowest BCUT2D eigenvalue weighted by Gasteiger charge is -2.23. The molecule has 1 aromatic rings. The third-order valence-corrected chi connectivity index (χ3v) is 3.69. The third kappa shape index (κ3) is 4.26. The van der Waals surface area contributed by atoms with Crippen molar-refractivity contribution in [3.8, 4) is 0 Å². The number of aliphatic hydroxyl groups is 1. The van der Waals surface area contributed by atoms with Crippen molar-refractivity contribution in [2.45, 2.75) is 51.3 Å². The summed E-state index contributed by atoms with van der Waals surface area (Å²) in [6, 6.07) is 0.338. The fourth-order valence-electron chi connectivity index (χ4n) is 2.64. The summed E-state index contributed by atoms with van der Waals surface area (Å²) in [7, 11) is 1.60. The normalized spacial score (nSPS) is 24.3. The van der Waals surface area contributed by atoms with Crippen LogP contribution in [-0.4, -0.2) is 35.0 Å². The second-order valence-electron chi connectivity index (χ2n) is 5.11. The number of rotatable bonds is 6. The predicted octanol–water partition coefficient (Wildman–Crippen LogP) is 1.25. The fraction of sp³-hybridized carbons (Fsp3) is 0.846. The standard InChI is InChI=1S/C13H23N3O3/c1-18-9-12-15-13(19-16-12)7-14-11-6-4-2-3-5-10(11)8-17/h10-11,14,17H,2-9H2,1H3/t10-,11-/m0/s1. The number of aliphatic hydroxyl groups excluding tert-OH is 1. The van der Waals surface area contributed by atoms with Crippen molar-refractivity contribution in [1.29, 1.82) is 0 Å². The van der Waals surface area contributed by atoms with Crippen molar-refractivity contribution in [3.63, 3.8) is 0 Å². The van der Waals surface area contributed by atoms with Crippen molar-refractivity contribution >= 4 is 0 Å². The summed E-state index contributed by atoms with van der Waals surface area (Å²) < 4.78 is 10.1. The monoisotopic (exact) mass is 269 g/mol. The lowest BCUT2D eigenvalue weighted by molar-refractivity contribution is 0.174. The average molecular weight is 269 g/mol. The van der Waals surface area contributed by atoms with Gasteiger partial charge < -0.3 is 19.7 Å². The molecule has 2 atom stereocenters. The maximum atomic E-state index is 9.45. The zero-order valence-corrected chi connectivity index (χ0v) is 11.5. The van der Waals surface area contributed by atoms with Crippen LogP contribution in [0.5, 0.6) is 0 Å². The highest BCUT2D eigenvalue weighted by Gasteiger charge is 2.23. The van der Waals surface area contributed by atoms with Crippen LogP contribution in [0.4, 0.5) is 0 Å². The minimum atomic E-state index is 0.246. The largest absolute Gasteiger partial charge is 0.396 e. The van der Waals surface area contributed by atoms with Gasteiger partial charge in [0, 0.05) is 19.8 Å². The molecule has 1 aliphatic carbocycles. The molecule has 1 heterocycles. The van der Waals surface area contributed by atoms with E-state index in [0.29, 0.717) is 36.8 Å². The van der Waals surface area contributed by atoms with Gasteiger partial charge in [-0.25, -0.2) is 0 Å². The van der Waals surface area contributed by atoms with E-state index in [1.165, 1.54) is 19.3 Å². The molecule has 1 fully saturated rings. The number of nitrogens with one attached hydrogen (secondary N) is 1. The molecule has 0 amide bonds. The molecule has 0 bridgehead atoms. The first-order valence-corrected chi connectivity index (χ1v) is 6.98. The van der Waals surface area contributed by atoms with Crippen LogP contribution in [0.2, 0.25) is 0 Å². The molecule has 1 saturated carbocycles. The van der Waals surface area contributed by atoms with Crippen LogP contribution in [0.25, 0.3) is 0 Å². The summed E-state index contributed by atoms with van der Waals surface area (Å²) in [5, 5.41) is 16.7. The third-order valence-electron chi connectivity index (χ3n) is 3.69. The van der Waals surface area contributed by atoms with Crippen LogP contribution in [0.1, 0.15) is 43.8 Å². The number of hydrogen-bond acceptors (Lipinski definition) is 6. The number of ether oxygens (including phenoxy) is 1. The quantitative estimate of drug-likeness (QED) is 0.756. The Balaban J connectivity index is 1.84. The number of aromatic nitrogens is 2. The second kappa shape index (κ2) is 7.57. The first-order chi connectivity index (χ1) is 9.33. The topological polar surface area (TPSA) is 80.4 Å². The van der Waals surface area contributed by atoms with Gasteiger partial charge in [0.1, 0.15) is 6.61 Å². The van der Waals surface area contributed by atoms with Crippen molar-refractivity contribution in [1.82, 2.24) is 15.5 Å². The molecule has 1 aromatic heterocycles. The number of hydrogen-bond donors (Lipinski definition) is 2. The highest BCUT2D eigenvalue weighted by molar-refractivity contribution is 4.86. The van der Waals surface area contributed by atoms with Crippen LogP contribution in [0, 0.1) is 5.92 Å². The maximum absolute atomic E-state index is 9.45. The Bertz CT molecular complexity index is 370. The molecule has 1 aliphatic rings. The van der Waals surface area contributed by atoms with Crippen molar-refractivity contribution < 1.29 is 14.4 Å². The molecule has 0 unspecified atom stereocenters. The van der Waals surface area contributed by atoms with E-state index in [9.17, 15) is 5.11 Å². The van der Waals surface area contributed by atoms with E-state index in [-0.39, 0.29) is 6.61 Å². The Morgan fingerprint density at radius 3 is 3.00 bits per heavy atom. The lowest BCUT2D eigenvalue weighted by atomic mass is 9.96. The van der Waals surface area contributed by atoms with Crippen LogP contribution in [-0.2, 0) is 17.9 Å². The molecule has 0 saturated heterocycles. The van der Waals surface area contributed by atoms with E-state index in [1.54, 1.807) is 7.11 Å². The molecule has 2 N–H and O–H groups in total. The van der Waals surface area contributed by atoms with Crippen LogP contribution >= 0.6 is 0 Å². The minimum Gasteiger partial charge on any atom is -0.396 e. The van der Waals surface area contributed by atoms with Crippen LogP contribution in [0.3, 0.4) is 0 Å². The van der Waals surface area contributed by atoms with Gasteiger partial charge in [0.25, 0.3) is 0 Å². The Morgan fingerprint density at radius 1 is 1.37 bits per heavy atom. The van der Waals surface area contributed by atoms with Gasteiger partial charge in [0.2, 0.25) is 5.89 Å². The fourth-order valence-corrected chi connectivity index (χ4v) is 2.64. The van der Waals surface area contributed by atoms with Crippen LogP contribution in [0.15, 0.2) is 4.52 Å². The molecular formula is C13H23N3O3. The zero-order valence-electron chi connectivity index (χ0n) is 11.5. The molecule has 6 heteroatoms. The van der Waals surface area contributed by atoms with Gasteiger partial charge in [0.15, 0.2) is 5.82 Å². The molecular weight excluding hydrogens is 246 g/mol. The first kappa shape index (κ1) is 14.4. The molecule has 0 radical (unpaired) electrons. The van der Waals surface area contributed by atoms with Gasteiger partial charge in [-0.15, -0.1) is 0 Å². The smallest absolute Gasteiger partial charge is 0.240 e. The van der Waals surface area contributed by atoms with Gasteiger partial charge in [-0.1, -0.05) is 24.4 Å². The maximum Gasteiger partial charge on any atom is 0.240 e. The van der Waals surface area contributed by atoms with E-state index >= 15 is 0 Å². The van der Waals surface area contributed by atoms with E-state index in [0.717, 1.165) is 12.8 Å². The second-order valence-corrected chi connectivity index (χ2v) is 5.11. The molecule has 0 spiro atoms. The zero-order chi connectivity index (χ0) is 13.5. The van der Waals surface area contributed by atoms with E-state index in [4.69, 9.17) is 9.26 Å². The van der Waals surface area contributed by atoms with Gasteiger partial charge in [0.05, 0.1) is 6.54 Å². The predicted molar refractivity (Wildman–Crippen MR) is 69.3 cm³/mol. The van der Waals surface area contributed by atoms with E-state index in [2.05, 4.69) is 15.5 Å². The average Bonchev–Trinajstić information content (AvgIpc) is 2.74. The summed E-state index contributed by atoms with van der Waals surface area (Å²) in [5.74, 6) is 1.48. The van der Waals surface area contributed by atoms with Crippen molar-refractivity contribution in [3.05, 3.63) is 11.7 Å². The summed E-state index contributed by atoms with van der Waals surface area (Å²) in [6.07, 6.45) is 5.87. The molecule has 19 heavy (non-hydrogen) atoms. The van der Waals surface area contributed by atoms with Gasteiger partial charge in [-0.2, -0.15) is 4.98 Å². The van der Waals surface area contributed by atoms with Gasteiger partial charge in [-0.05, 0) is 18.8 Å². The van der Waals surface area contributed by atoms with Crippen LogP contribution < -0.4 is 5.32 Å². The van der Waals surface area contributed by atoms with Crippen molar-refractivity contribution in [2.24, 2.45) is 5.92 Å². The minimum absolute atomic E-state index is 0.246. The summed E-state index contributed by atoms with van der Waals surface area (Å²) in [6.45, 7) is 1.17. The molecule has 0 aliphatic heterocycles. The highest BCUT2D eigenvalue weighted by Crippen LogP contribution is 2.23. The van der Waals surface area contributed by atoms with E-state index in [1.807, 2.05) is 0 Å². The Morgan fingerprint density at radius 2 is 2.21 bits per heavy atom.